The Balaban J connectivity index is 1.54. The third kappa shape index (κ3) is 5.14. The van der Waals surface area contributed by atoms with Crippen LogP contribution in [0.3, 0.4) is 0 Å². The molecule has 0 unspecified atom stereocenters. The number of nitrogens with zero attached hydrogens (tertiary/aromatic N) is 4. The van der Waals surface area contributed by atoms with E-state index in [0.29, 0.717) is 38.2 Å². The van der Waals surface area contributed by atoms with E-state index in [1.54, 1.807) is 11.1 Å². The van der Waals surface area contributed by atoms with Gasteiger partial charge in [0.1, 0.15) is 11.2 Å². The molecule has 0 bridgehead atoms. The molecule has 196 valence electrons. The molecule has 0 saturated carbocycles. The lowest BCUT2D eigenvalue weighted by Crippen LogP contribution is -2.51. The Morgan fingerprint density at radius 1 is 0.868 bits per heavy atom. The molecule has 7 nitrogen and oxygen atoms in total. The van der Waals surface area contributed by atoms with Gasteiger partial charge >= 0.3 is 6.09 Å². The number of piperazine rings is 1. The van der Waals surface area contributed by atoms with Gasteiger partial charge in [-0.3, -0.25) is 9.36 Å². The number of rotatable bonds is 4. The highest BCUT2D eigenvalue weighted by Crippen LogP contribution is 2.32. The van der Waals surface area contributed by atoms with Gasteiger partial charge < -0.3 is 14.5 Å². The van der Waals surface area contributed by atoms with E-state index in [4.69, 9.17) is 9.72 Å². The van der Waals surface area contributed by atoms with Gasteiger partial charge in [0.2, 0.25) is 0 Å². The predicted molar refractivity (Wildman–Crippen MR) is 149 cm³/mol. The van der Waals surface area contributed by atoms with E-state index in [9.17, 15) is 9.59 Å². The van der Waals surface area contributed by atoms with Crippen LogP contribution < -0.4 is 0 Å². The lowest BCUT2D eigenvalue weighted by atomic mass is 10.00. The van der Waals surface area contributed by atoms with Crippen LogP contribution in [0.15, 0.2) is 72.9 Å². The summed E-state index contributed by atoms with van der Waals surface area (Å²) in [4.78, 5) is 35.0. The first-order chi connectivity index (χ1) is 18.2. The first-order valence-electron chi connectivity index (χ1n) is 13.1. The first kappa shape index (κ1) is 25.5. The molecule has 0 radical (unpaired) electrons. The maximum absolute atomic E-state index is 14.2. The highest BCUT2D eigenvalue weighted by molar-refractivity contribution is 6.08. The average molecular weight is 511 g/mol. The van der Waals surface area contributed by atoms with Gasteiger partial charge in [-0.05, 0) is 63.1 Å². The van der Waals surface area contributed by atoms with Crippen LogP contribution in [0, 0.1) is 6.92 Å². The van der Waals surface area contributed by atoms with Crippen LogP contribution in [0.2, 0.25) is 0 Å². The number of fused-ring (bicyclic) bond motifs is 1. The van der Waals surface area contributed by atoms with Crippen molar-refractivity contribution in [3.8, 4) is 5.69 Å². The fourth-order valence-electron chi connectivity index (χ4n) is 4.99. The number of pyridine rings is 1. The van der Waals surface area contributed by atoms with Gasteiger partial charge in [0, 0.05) is 55.6 Å². The number of aromatic nitrogens is 2. The van der Waals surface area contributed by atoms with Crippen molar-refractivity contribution in [1.29, 1.82) is 0 Å². The number of hydrogen-bond acceptors (Lipinski definition) is 4. The molecule has 1 saturated heterocycles. The maximum atomic E-state index is 14.2. The van der Waals surface area contributed by atoms with E-state index in [2.05, 4.69) is 23.6 Å². The summed E-state index contributed by atoms with van der Waals surface area (Å²) in [6.45, 7) is 9.43. The van der Waals surface area contributed by atoms with Crippen molar-refractivity contribution in [1.82, 2.24) is 19.4 Å². The molecule has 38 heavy (non-hydrogen) atoms. The quantitative estimate of drug-likeness (QED) is 0.358. The minimum atomic E-state index is -0.555. The van der Waals surface area contributed by atoms with Crippen LogP contribution in [0.1, 0.15) is 48.0 Å². The molecule has 1 aliphatic rings. The Labute approximate surface area is 223 Å². The minimum absolute atomic E-state index is 0.0369. The lowest BCUT2D eigenvalue weighted by molar-refractivity contribution is 0.0141. The van der Waals surface area contributed by atoms with Crippen molar-refractivity contribution in [2.45, 2.75) is 39.7 Å². The summed E-state index contributed by atoms with van der Waals surface area (Å²) in [5, 5.41) is 0.833. The molecule has 5 rings (SSSR count). The average Bonchev–Trinajstić information content (AvgIpc) is 3.23. The van der Waals surface area contributed by atoms with E-state index in [-0.39, 0.29) is 12.0 Å². The van der Waals surface area contributed by atoms with Crippen molar-refractivity contribution < 1.29 is 14.3 Å². The number of carbonyl (C=O) groups excluding carboxylic acids is 2. The Hall–Kier alpha value is -4.13. The number of amides is 2. The second-order valence-corrected chi connectivity index (χ2v) is 10.7. The summed E-state index contributed by atoms with van der Waals surface area (Å²) in [6.07, 6.45) is 2.03. The number of aryl methyl sites for hydroxylation is 1. The number of carbonyl (C=O) groups is 2. The Kier molecular flexibility index (Phi) is 6.93. The molecule has 1 fully saturated rings. The van der Waals surface area contributed by atoms with E-state index >= 15 is 0 Å². The Morgan fingerprint density at radius 3 is 2.21 bits per heavy atom. The summed E-state index contributed by atoms with van der Waals surface area (Å²) >= 11 is 0. The molecular weight excluding hydrogens is 476 g/mol. The molecule has 0 spiro atoms. The topological polar surface area (TPSA) is 67.7 Å². The third-order valence-electron chi connectivity index (χ3n) is 6.89. The number of hydrogen-bond donors (Lipinski definition) is 0. The van der Waals surface area contributed by atoms with Gasteiger partial charge in [0.15, 0.2) is 0 Å². The highest BCUT2D eigenvalue weighted by atomic mass is 16.6. The molecule has 4 aromatic rings. The third-order valence-corrected chi connectivity index (χ3v) is 6.89. The number of ether oxygens (including phenoxy) is 1. The smallest absolute Gasteiger partial charge is 0.410 e. The van der Waals surface area contributed by atoms with Crippen LogP contribution in [0.25, 0.3) is 16.7 Å². The van der Waals surface area contributed by atoms with Gasteiger partial charge in [-0.1, -0.05) is 42.5 Å². The predicted octanol–water partition coefficient (Wildman–Crippen LogP) is 5.62. The highest BCUT2D eigenvalue weighted by Gasteiger charge is 2.32. The largest absolute Gasteiger partial charge is 0.444 e. The van der Waals surface area contributed by atoms with Gasteiger partial charge in [0.05, 0.1) is 5.56 Å². The minimum Gasteiger partial charge on any atom is -0.444 e. The van der Waals surface area contributed by atoms with Crippen molar-refractivity contribution in [3.63, 3.8) is 0 Å². The first-order valence-corrected chi connectivity index (χ1v) is 13.1. The summed E-state index contributed by atoms with van der Waals surface area (Å²) < 4.78 is 7.65. The molecular formula is C31H34N4O3. The molecule has 1 aliphatic heterocycles. The van der Waals surface area contributed by atoms with Crippen LogP contribution in [-0.2, 0) is 11.2 Å². The molecule has 7 heteroatoms. The standard InChI is InChI=1S/C31H34N4O3/c1-22-11-8-9-12-23(22)21-26-27(25-15-10-16-32-28(25)35(26)24-13-6-5-7-14-24)29(36)33-17-19-34(20-18-33)30(37)38-31(2,3)4/h5-16H,17-21H2,1-4H3. The van der Waals surface area contributed by atoms with Crippen molar-refractivity contribution >= 4 is 23.0 Å². The molecule has 2 amide bonds. The van der Waals surface area contributed by atoms with Crippen molar-refractivity contribution in [2.75, 3.05) is 26.2 Å². The lowest BCUT2D eigenvalue weighted by Gasteiger charge is -2.35. The van der Waals surface area contributed by atoms with Crippen molar-refractivity contribution in [2.24, 2.45) is 0 Å². The summed E-state index contributed by atoms with van der Waals surface area (Å²) in [5.41, 5.74) is 5.10. The van der Waals surface area contributed by atoms with E-state index in [1.807, 2.05) is 80.3 Å². The van der Waals surface area contributed by atoms with Crippen molar-refractivity contribution in [3.05, 3.63) is 95.3 Å². The summed E-state index contributed by atoms with van der Waals surface area (Å²) in [6, 6.07) is 22.2. The molecule has 0 aliphatic carbocycles. The van der Waals surface area contributed by atoms with Gasteiger partial charge in [-0.25, -0.2) is 9.78 Å². The van der Waals surface area contributed by atoms with Gasteiger partial charge in [-0.2, -0.15) is 0 Å². The number of para-hydroxylation sites is 1. The number of benzene rings is 2. The van der Waals surface area contributed by atoms with Crippen LogP contribution in [-0.4, -0.2) is 63.1 Å². The van der Waals surface area contributed by atoms with Crippen LogP contribution in [0.4, 0.5) is 4.79 Å². The monoisotopic (exact) mass is 510 g/mol. The molecule has 2 aromatic carbocycles. The zero-order valence-electron chi connectivity index (χ0n) is 22.5. The summed E-state index contributed by atoms with van der Waals surface area (Å²) in [5.74, 6) is -0.0369. The molecule has 3 heterocycles. The maximum Gasteiger partial charge on any atom is 0.410 e. The fourth-order valence-corrected chi connectivity index (χ4v) is 4.99. The zero-order valence-corrected chi connectivity index (χ0v) is 22.5. The summed E-state index contributed by atoms with van der Waals surface area (Å²) in [7, 11) is 0. The normalized spacial score (nSPS) is 14.1. The van der Waals surface area contributed by atoms with E-state index in [1.165, 1.54) is 5.56 Å². The van der Waals surface area contributed by atoms with Crippen LogP contribution >= 0.6 is 0 Å². The SMILES string of the molecule is Cc1ccccc1Cc1c(C(=O)N2CCN(C(=O)OC(C)(C)C)CC2)c2cccnc2n1-c1ccccc1. The Morgan fingerprint density at radius 2 is 1.53 bits per heavy atom. The van der Waals surface area contributed by atoms with Gasteiger partial charge in [0.25, 0.3) is 5.91 Å². The molecule has 0 N–H and O–H groups in total. The second-order valence-electron chi connectivity index (χ2n) is 10.7. The molecule has 2 aromatic heterocycles. The molecule has 0 atom stereocenters. The van der Waals surface area contributed by atoms with E-state index < -0.39 is 5.60 Å². The second kappa shape index (κ2) is 10.3. The van der Waals surface area contributed by atoms with E-state index in [0.717, 1.165) is 28.0 Å². The van der Waals surface area contributed by atoms with Crippen LogP contribution in [0.5, 0.6) is 0 Å². The fraction of sp³-hybridized carbons (Fsp3) is 0.323. The Bertz CT molecular complexity index is 1460. The zero-order chi connectivity index (χ0) is 26.9. The van der Waals surface area contributed by atoms with Gasteiger partial charge in [-0.15, -0.1) is 0 Å².